The second-order valence-corrected chi connectivity index (χ2v) is 4.21. The minimum atomic E-state index is -0.325. The molecule has 4 heteroatoms. The number of imidazole rings is 1. The lowest BCUT2D eigenvalue weighted by atomic mass is 10.2. The van der Waals surface area contributed by atoms with E-state index in [9.17, 15) is 4.39 Å². The molecule has 0 saturated heterocycles. The maximum Gasteiger partial charge on any atom is 0.151 e. The van der Waals surface area contributed by atoms with E-state index in [4.69, 9.17) is 11.6 Å². The number of benzene rings is 2. The molecular weight excluding hydrogens is 251 g/mol. The topological polar surface area (TPSA) is 17.8 Å². The Hall–Kier alpha value is -1.87. The van der Waals surface area contributed by atoms with Gasteiger partial charge in [0.05, 0.1) is 11.4 Å². The first kappa shape index (κ1) is 11.2. The zero-order valence-electron chi connectivity index (χ0n) is 9.48. The highest BCUT2D eigenvalue weighted by Crippen LogP contribution is 2.24. The second kappa shape index (κ2) is 4.42. The van der Waals surface area contributed by atoms with Crippen molar-refractivity contribution >= 4 is 22.6 Å². The molecule has 2 nitrogen and oxygen atoms in total. The molecule has 1 heterocycles. The normalized spacial score (nSPS) is 11.0. The van der Waals surface area contributed by atoms with Crippen LogP contribution >= 0.6 is 11.6 Å². The Morgan fingerprint density at radius 2 is 1.83 bits per heavy atom. The fourth-order valence-electron chi connectivity index (χ4n) is 2.07. The Balaban J connectivity index is 2.37. The zero-order valence-corrected chi connectivity index (χ0v) is 10.2. The highest BCUT2D eigenvalue weighted by molar-refractivity contribution is 6.17. The van der Waals surface area contributed by atoms with Gasteiger partial charge in [-0.2, -0.15) is 0 Å². The van der Waals surface area contributed by atoms with Crippen LogP contribution in [0.25, 0.3) is 16.7 Å². The Kier molecular flexibility index (Phi) is 2.76. The van der Waals surface area contributed by atoms with Crippen LogP contribution in [0.5, 0.6) is 0 Å². The van der Waals surface area contributed by atoms with Crippen molar-refractivity contribution in [3.05, 3.63) is 60.2 Å². The Morgan fingerprint density at radius 1 is 1.06 bits per heavy atom. The predicted octanol–water partition coefficient (Wildman–Crippen LogP) is 3.90. The van der Waals surface area contributed by atoms with Gasteiger partial charge in [-0.25, -0.2) is 9.37 Å². The Bertz CT molecular complexity index is 692. The number of hydrogen-bond donors (Lipinski definition) is 0. The van der Waals surface area contributed by atoms with Crippen LogP contribution in [0.3, 0.4) is 0 Å². The summed E-state index contributed by atoms with van der Waals surface area (Å²) in [5, 5.41) is 0. The lowest BCUT2D eigenvalue weighted by Crippen LogP contribution is -1.98. The monoisotopic (exact) mass is 260 g/mol. The highest BCUT2D eigenvalue weighted by Gasteiger charge is 2.13. The summed E-state index contributed by atoms with van der Waals surface area (Å²) in [7, 11) is 0. The molecule has 0 saturated carbocycles. The van der Waals surface area contributed by atoms with Crippen molar-refractivity contribution in [2.75, 3.05) is 0 Å². The number of aromatic nitrogens is 2. The molecule has 3 rings (SSSR count). The molecule has 0 spiro atoms. The summed E-state index contributed by atoms with van der Waals surface area (Å²) in [5.74, 6) is 0.555. The Morgan fingerprint density at radius 3 is 2.56 bits per heavy atom. The average Bonchev–Trinajstić information content (AvgIpc) is 2.80. The van der Waals surface area contributed by atoms with Crippen LogP contribution in [0.2, 0.25) is 0 Å². The van der Waals surface area contributed by atoms with E-state index in [0.29, 0.717) is 11.3 Å². The summed E-state index contributed by atoms with van der Waals surface area (Å²) in [4.78, 5) is 4.26. The fourth-order valence-corrected chi connectivity index (χ4v) is 2.25. The lowest BCUT2D eigenvalue weighted by Gasteiger charge is -2.07. The summed E-state index contributed by atoms with van der Waals surface area (Å²) >= 11 is 5.90. The smallest absolute Gasteiger partial charge is 0.151 e. The molecule has 1 aromatic heterocycles. The predicted molar refractivity (Wildman–Crippen MR) is 70.6 cm³/mol. The van der Waals surface area contributed by atoms with Gasteiger partial charge in [0.15, 0.2) is 5.82 Å². The zero-order chi connectivity index (χ0) is 12.5. The largest absolute Gasteiger partial charge is 0.295 e. The van der Waals surface area contributed by atoms with E-state index in [2.05, 4.69) is 4.98 Å². The van der Waals surface area contributed by atoms with Crippen molar-refractivity contribution in [3.8, 4) is 5.69 Å². The molecule has 90 valence electrons. The van der Waals surface area contributed by atoms with Crippen molar-refractivity contribution in [1.29, 1.82) is 0 Å². The quantitative estimate of drug-likeness (QED) is 0.639. The summed E-state index contributed by atoms with van der Waals surface area (Å²) in [5.41, 5.74) is 2.02. The molecule has 0 N–H and O–H groups in total. The van der Waals surface area contributed by atoms with Gasteiger partial charge >= 0.3 is 0 Å². The maximum absolute atomic E-state index is 13.7. The van der Waals surface area contributed by atoms with Crippen LogP contribution in [0.15, 0.2) is 48.5 Å². The number of alkyl halides is 1. The summed E-state index contributed by atoms with van der Waals surface area (Å²) in [6, 6.07) is 14.6. The van der Waals surface area contributed by atoms with Crippen LogP contribution in [-0.4, -0.2) is 9.55 Å². The van der Waals surface area contributed by atoms with Gasteiger partial charge in [0.25, 0.3) is 0 Å². The molecule has 0 aliphatic carbocycles. The summed E-state index contributed by atoms with van der Waals surface area (Å²) in [6.07, 6.45) is 0. The third kappa shape index (κ3) is 1.68. The molecule has 0 radical (unpaired) electrons. The van der Waals surface area contributed by atoms with Gasteiger partial charge in [-0.15, -0.1) is 11.6 Å². The van der Waals surface area contributed by atoms with Gasteiger partial charge in [-0.3, -0.25) is 4.57 Å². The van der Waals surface area contributed by atoms with E-state index < -0.39 is 0 Å². The van der Waals surface area contributed by atoms with Gasteiger partial charge in [0, 0.05) is 5.69 Å². The SMILES string of the molecule is Fc1cccc2c1nc(CCl)n2-c1ccccc1. The van der Waals surface area contributed by atoms with Gasteiger partial charge in [-0.05, 0) is 24.3 Å². The molecule has 0 atom stereocenters. The lowest BCUT2D eigenvalue weighted by molar-refractivity contribution is 0.637. The van der Waals surface area contributed by atoms with Crippen LogP contribution < -0.4 is 0 Å². The van der Waals surface area contributed by atoms with Crippen LogP contribution in [0.4, 0.5) is 4.39 Å². The van der Waals surface area contributed by atoms with Crippen molar-refractivity contribution in [1.82, 2.24) is 9.55 Å². The summed E-state index contributed by atoms with van der Waals surface area (Å²) in [6.45, 7) is 0. The maximum atomic E-state index is 13.7. The van der Waals surface area contributed by atoms with Crippen molar-refractivity contribution in [2.45, 2.75) is 5.88 Å². The van der Waals surface area contributed by atoms with Gasteiger partial charge in [-0.1, -0.05) is 24.3 Å². The molecule has 0 fully saturated rings. The van der Waals surface area contributed by atoms with E-state index >= 15 is 0 Å². The Labute approximate surface area is 109 Å². The van der Waals surface area contributed by atoms with E-state index in [1.807, 2.05) is 41.0 Å². The molecular formula is C14H10ClFN2. The van der Waals surface area contributed by atoms with E-state index in [0.717, 1.165) is 11.2 Å². The van der Waals surface area contributed by atoms with Gasteiger partial charge in [0.2, 0.25) is 0 Å². The van der Waals surface area contributed by atoms with Crippen LogP contribution in [0.1, 0.15) is 5.82 Å². The van der Waals surface area contributed by atoms with Crippen molar-refractivity contribution < 1.29 is 4.39 Å². The van der Waals surface area contributed by atoms with Gasteiger partial charge in [0.1, 0.15) is 11.3 Å². The number of hydrogen-bond acceptors (Lipinski definition) is 1. The third-order valence-electron chi connectivity index (χ3n) is 2.84. The fraction of sp³-hybridized carbons (Fsp3) is 0.0714. The standard InChI is InChI=1S/C14H10ClFN2/c15-9-13-17-14-11(16)7-4-8-12(14)18(13)10-5-2-1-3-6-10/h1-8H,9H2. The second-order valence-electron chi connectivity index (χ2n) is 3.94. The van der Waals surface area contributed by atoms with Crippen LogP contribution in [-0.2, 0) is 5.88 Å². The van der Waals surface area contributed by atoms with E-state index in [1.165, 1.54) is 6.07 Å². The highest BCUT2D eigenvalue weighted by atomic mass is 35.5. The number of rotatable bonds is 2. The molecule has 0 amide bonds. The minimum Gasteiger partial charge on any atom is -0.295 e. The average molecular weight is 261 g/mol. The number of para-hydroxylation sites is 2. The van der Waals surface area contributed by atoms with Crippen molar-refractivity contribution in [3.63, 3.8) is 0 Å². The summed E-state index contributed by atoms with van der Waals surface area (Å²) < 4.78 is 15.6. The van der Waals surface area contributed by atoms with E-state index in [-0.39, 0.29) is 11.7 Å². The molecule has 0 unspecified atom stereocenters. The molecule has 0 aliphatic heterocycles. The molecule has 2 aromatic carbocycles. The molecule has 3 aromatic rings. The van der Waals surface area contributed by atoms with E-state index in [1.54, 1.807) is 6.07 Å². The number of nitrogens with zero attached hydrogens (tertiary/aromatic N) is 2. The van der Waals surface area contributed by atoms with Crippen LogP contribution in [0, 0.1) is 5.82 Å². The van der Waals surface area contributed by atoms with Gasteiger partial charge < -0.3 is 0 Å². The first-order valence-electron chi connectivity index (χ1n) is 5.58. The minimum absolute atomic E-state index is 0.239. The van der Waals surface area contributed by atoms with Crippen molar-refractivity contribution in [2.24, 2.45) is 0 Å². The number of fused-ring (bicyclic) bond motifs is 1. The first-order chi connectivity index (χ1) is 8.81. The first-order valence-corrected chi connectivity index (χ1v) is 6.12. The molecule has 18 heavy (non-hydrogen) atoms. The molecule has 0 bridgehead atoms. The molecule has 0 aliphatic rings. The number of halogens is 2. The third-order valence-corrected chi connectivity index (χ3v) is 3.08.